The molecule has 0 radical (unpaired) electrons. The number of nitrogens with one attached hydrogen (secondary N) is 1. The molecule has 0 unspecified atom stereocenters. The number of nitrogens with zero attached hydrogens (tertiary/aromatic N) is 2. The molecule has 27 heavy (non-hydrogen) atoms. The number of aromatic nitrogens is 3. The van der Waals surface area contributed by atoms with Crippen molar-refractivity contribution in [3.63, 3.8) is 0 Å². The lowest BCUT2D eigenvalue weighted by Crippen LogP contribution is -2.17. The number of carboxylic acid groups (broad SMARTS) is 1. The van der Waals surface area contributed by atoms with Crippen LogP contribution in [-0.4, -0.2) is 32.8 Å². The fourth-order valence-corrected chi connectivity index (χ4v) is 3.27. The monoisotopic (exact) mass is 415 g/mol. The van der Waals surface area contributed by atoms with E-state index >= 15 is 0 Å². The fourth-order valence-electron chi connectivity index (χ4n) is 2.18. The number of hydrogen-bond acceptors (Lipinski definition) is 5. The minimum atomic E-state index is -4.85. The average molecular weight is 416 g/mol. The molecule has 140 valence electrons. The molecule has 0 amide bonds. The lowest BCUT2D eigenvalue weighted by Gasteiger charge is -2.13. The molecule has 1 aromatic heterocycles. The summed E-state index contributed by atoms with van der Waals surface area (Å²) in [4.78, 5) is 11.7. The fraction of sp³-hybridized carbons (Fsp3) is 0.0625. The largest absolute Gasteiger partial charge is 0.573 e. The molecule has 0 aliphatic heterocycles. The number of H-pyrrole nitrogens is 1. The van der Waals surface area contributed by atoms with Crippen LogP contribution in [0.4, 0.5) is 13.2 Å². The van der Waals surface area contributed by atoms with E-state index in [1.54, 1.807) is 30.3 Å². The van der Waals surface area contributed by atoms with Crippen LogP contribution in [0.25, 0.3) is 11.1 Å². The molecule has 0 saturated heterocycles. The Balaban J connectivity index is 1.84. The van der Waals surface area contributed by atoms with Crippen molar-refractivity contribution in [2.24, 2.45) is 0 Å². The third kappa shape index (κ3) is 4.52. The van der Waals surface area contributed by atoms with Gasteiger partial charge in [0.25, 0.3) is 0 Å². The number of aromatic carboxylic acids is 1. The Morgan fingerprint density at radius 1 is 1.19 bits per heavy atom. The number of carbonyl (C=O) groups is 1. The SMILES string of the molecule is O=C(O)c1[nH]nnc1Sc1ccc(-c2cccc(OC(F)(F)F)c2Cl)cc1. The molecule has 3 rings (SSSR count). The summed E-state index contributed by atoms with van der Waals surface area (Å²) in [6.07, 6.45) is -4.85. The molecular weight excluding hydrogens is 407 g/mol. The predicted molar refractivity (Wildman–Crippen MR) is 91.0 cm³/mol. The number of rotatable bonds is 5. The van der Waals surface area contributed by atoms with Gasteiger partial charge in [-0.15, -0.1) is 18.3 Å². The van der Waals surface area contributed by atoms with Crippen molar-refractivity contribution in [2.45, 2.75) is 16.3 Å². The molecule has 3 aromatic rings. The number of halogens is 4. The molecule has 0 saturated carbocycles. The molecule has 0 aliphatic carbocycles. The molecular formula is C16H9ClF3N3O3S. The summed E-state index contributed by atoms with van der Waals surface area (Å²) >= 11 is 7.12. The lowest BCUT2D eigenvalue weighted by molar-refractivity contribution is -0.274. The van der Waals surface area contributed by atoms with Crippen LogP contribution in [0.5, 0.6) is 5.75 Å². The van der Waals surface area contributed by atoms with Crippen LogP contribution < -0.4 is 4.74 Å². The zero-order chi connectivity index (χ0) is 19.6. The van der Waals surface area contributed by atoms with Crippen LogP contribution in [0, 0.1) is 0 Å². The third-order valence-corrected chi connectivity index (χ3v) is 4.68. The Hall–Kier alpha value is -2.72. The van der Waals surface area contributed by atoms with Gasteiger partial charge in [0, 0.05) is 10.5 Å². The Kier molecular flexibility index (Phi) is 5.29. The van der Waals surface area contributed by atoms with Crippen LogP contribution in [0.2, 0.25) is 5.02 Å². The molecule has 2 N–H and O–H groups in total. The van der Waals surface area contributed by atoms with Gasteiger partial charge in [-0.2, -0.15) is 0 Å². The molecule has 0 atom stereocenters. The Bertz CT molecular complexity index is 977. The highest BCUT2D eigenvalue weighted by molar-refractivity contribution is 7.99. The molecule has 6 nitrogen and oxygen atoms in total. The van der Waals surface area contributed by atoms with Gasteiger partial charge in [-0.1, -0.05) is 52.8 Å². The van der Waals surface area contributed by atoms with Crippen molar-refractivity contribution in [3.05, 3.63) is 53.2 Å². The summed E-state index contributed by atoms with van der Waals surface area (Å²) in [5.41, 5.74) is 0.794. The minimum Gasteiger partial charge on any atom is -0.476 e. The quantitative estimate of drug-likeness (QED) is 0.618. The molecule has 1 heterocycles. The molecule has 0 bridgehead atoms. The van der Waals surface area contributed by atoms with Crippen molar-refractivity contribution in [1.29, 1.82) is 0 Å². The average Bonchev–Trinajstić information content (AvgIpc) is 3.05. The summed E-state index contributed by atoms with van der Waals surface area (Å²) in [6, 6.07) is 10.7. The standard InChI is InChI=1S/C16H9ClF3N3O3S/c17-12-10(2-1-3-11(12)26-16(18,19)20)8-4-6-9(7-5-8)27-14-13(15(24)25)21-23-22-14/h1-7H,(H,24,25)(H,21,22,23). The van der Waals surface area contributed by atoms with E-state index in [0.29, 0.717) is 16.0 Å². The van der Waals surface area contributed by atoms with Crippen LogP contribution >= 0.6 is 23.4 Å². The zero-order valence-corrected chi connectivity index (χ0v) is 14.7. The Morgan fingerprint density at radius 3 is 2.52 bits per heavy atom. The minimum absolute atomic E-state index is 0.135. The normalized spacial score (nSPS) is 11.4. The van der Waals surface area contributed by atoms with Gasteiger partial charge in [-0.25, -0.2) is 4.79 Å². The molecule has 2 aromatic carbocycles. The van der Waals surface area contributed by atoms with Crippen LogP contribution in [0.1, 0.15) is 10.5 Å². The predicted octanol–water partition coefficient (Wildman–Crippen LogP) is 4.87. The molecule has 0 fully saturated rings. The second-order valence-electron chi connectivity index (χ2n) is 5.09. The summed E-state index contributed by atoms with van der Waals surface area (Å²) < 4.78 is 41.2. The van der Waals surface area contributed by atoms with Gasteiger partial charge in [-0.3, -0.25) is 5.10 Å². The van der Waals surface area contributed by atoms with Crippen molar-refractivity contribution < 1.29 is 27.8 Å². The number of ether oxygens (including phenoxy) is 1. The Morgan fingerprint density at radius 2 is 1.89 bits per heavy atom. The van der Waals surface area contributed by atoms with Crippen LogP contribution in [0.3, 0.4) is 0 Å². The second-order valence-corrected chi connectivity index (χ2v) is 6.53. The van der Waals surface area contributed by atoms with E-state index < -0.39 is 18.1 Å². The highest BCUT2D eigenvalue weighted by atomic mass is 35.5. The first-order valence-electron chi connectivity index (χ1n) is 7.21. The van der Waals surface area contributed by atoms with E-state index in [4.69, 9.17) is 16.7 Å². The van der Waals surface area contributed by atoms with Gasteiger partial charge in [-0.05, 0) is 23.8 Å². The first kappa shape index (κ1) is 19.1. The van der Waals surface area contributed by atoms with E-state index in [0.717, 1.165) is 17.8 Å². The first-order chi connectivity index (χ1) is 12.7. The van der Waals surface area contributed by atoms with Crippen LogP contribution in [0.15, 0.2) is 52.4 Å². The van der Waals surface area contributed by atoms with Crippen molar-refractivity contribution in [3.8, 4) is 16.9 Å². The van der Waals surface area contributed by atoms with Gasteiger partial charge < -0.3 is 9.84 Å². The molecule has 11 heteroatoms. The van der Waals surface area contributed by atoms with Gasteiger partial charge in [0.05, 0.1) is 5.02 Å². The smallest absolute Gasteiger partial charge is 0.476 e. The molecule has 0 aliphatic rings. The zero-order valence-electron chi connectivity index (χ0n) is 13.1. The maximum atomic E-state index is 12.4. The number of aromatic amines is 1. The van der Waals surface area contributed by atoms with E-state index in [2.05, 4.69) is 20.1 Å². The second kappa shape index (κ2) is 7.49. The first-order valence-corrected chi connectivity index (χ1v) is 8.41. The highest BCUT2D eigenvalue weighted by Gasteiger charge is 2.32. The van der Waals surface area contributed by atoms with Gasteiger partial charge >= 0.3 is 12.3 Å². The van der Waals surface area contributed by atoms with E-state index in [9.17, 15) is 18.0 Å². The van der Waals surface area contributed by atoms with Gasteiger partial charge in [0.2, 0.25) is 0 Å². The van der Waals surface area contributed by atoms with E-state index in [-0.39, 0.29) is 15.7 Å². The van der Waals surface area contributed by atoms with Gasteiger partial charge in [0.15, 0.2) is 10.7 Å². The molecule has 0 spiro atoms. The third-order valence-electron chi connectivity index (χ3n) is 3.30. The lowest BCUT2D eigenvalue weighted by atomic mass is 10.1. The maximum Gasteiger partial charge on any atom is 0.573 e. The van der Waals surface area contributed by atoms with Gasteiger partial charge in [0.1, 0.15) is 5.75 Å². The summed E-state index contributed by atoms with van der Waals surface area (Å²) in [5, 5.41) is 18.5. The summed E-state index contributed by atoms with van der Waals surface area (Å²) in [6.45, 7) is 0. The number of benzene rings is 2. The summed E-state index contributed by atoms with van der Waals surface area (Å²) in [7, 11) is 0. The van der Waals surface area contributed by atoms with E-state index in [1.807, 2.05) is 0 Å². The summed E-state index contributed by atoms with van der Waals surface area (Å²) in [5.74, 6) is -1.68. The van der Waals surface area contributed by atoms with Crippen molar-refractivity contribution in [1.82, 2.24) is 15.4 Å². The number of carboxylic acids is 1. The Labute approximate surface area is 159 Å². The number of alkyl halides is 3. The van der Waals surface area contributed by atoms with E-state index in [1.165, 1.54) is 6.07 Å². The van der Waals surface area contributed by atoms with Crippen LogP contribution in [-0.2, 0) is 0 Å². The topological polar surface area (TPSA) is 88.1 Å². The number of hydrogen-bond donors (Lipinski definition) is 2. The highest BCUT2D eigenvalue weighted by Crippen LogP contribution is 2.38. The van der Waals surface area contributed by atoms with Crippen molar-refractivity contribution >= 4 is 29.3 Å². The maximum absolute atomic E-state index is 12.4. The van der Waals surface area contributed by atoms with Crippen molar-refractivity contribution in [2.75, 3.05) is 0 Å².